The number of benzene rings is 2. The van der Waals surface area contributed by atoms with Crippen LogP contribution in [0.4, 0.5) is 0 Å². The van der Waals surface area contributed by atoms with E-state index in [4.69, 9.17) is 14.2 Å². The van der Waals surface area contributed by atoms with Crippen molar-refractivity contribution in [2.24, 2.45) is 0 Å². The van der Waals surface area contributed by atoms with Gasteiger partial charge in [-0.15, -0.1) is 0 Å². The van der Waals surface area contributed by atoms with Crippen molar-refractivity contribution in [3.63, 3.8) is 0 Å². The van der Waals surface area contributed by atoms with E-state index >= 15 is 0 Å². The highest BCUT2D eigenvalue weighted by molar-refractivity contribution is 5.82. The molecule has 1 heterocycles. The molecule has 0 spiro atoms. The van der Waals surface area contributed by atoms with Gasteiger partial charge < -0.3 is 18.8 Å². The van der Waals surface area contributed by atoms with Crippen LogP contribution in [0, 0.1) is 0 Å². The fraction of sp³-hybridized carbons (Fsp3) is 0.286. The molecule has 2 aromatic carbocycles. The van der Waals surface area contributed by atoms with E-state index in [2.05, 4.69) is 0 Å². The number of hydrogen-bond acceptors (Lipinski definition) is 4. The van der Waals surface area contributed by atoms with Crippen molar-refractivity contribution >= 4 is 10.8 Å². The summed E-state index contributed by atoms with van der Waals surface area (Å²) in [5.41, 5.74) is -0.0306. The monoisotopic (exact) mass is 353 g/mol. The smallest absolute Gasteiger partial charge is 0.258 e. The van der Waals surface area contributed by atoms with Crippen LogP contribution in [0.15, 0.2) is 59.5 Å². The van der Waals surface area contributed by atoms with Crippen LogP contribution < -0.4 is 19.8 Å². The zero-order chi connectivity index (χ0) is 18.5. The van der Waals surface area contributed by atoms with Gasteiger partial charge in [0, 0.05) is 11.6 Å². The van der Waals surface area contributed by atoms with Gasteiger partial charge in [0.15, 0.2) is 0 Å². The number of aromatic nitrogens is 1. The van der Waals surface area contributed by atoms with Gasteiger partial charge in [-0.05, 0) is 67.8 Å². The van der Waals surface area contributed by atoms with Crippen molar-refractivity contribution in [2.45, 2.75) is 26.5 Å². The molecule has 0 fully saturated rings. The van der Waals surface area contributed by atoms with Gasteiger partial charge in [0.25, 0.3) is 5.56 Å². The average molecular weight is 353 g/mol. The van der Waals surface area contributed by atoms with Crippen molar-refractivity contribution in [3.8, 4) is 17.2 Å². The van der Waals surface area contributed by atoms with Crippen LogP contribution >= 0.6 is 0 Å². The topological polar surface area (TPSA) is 49.7 Å². The van der Waals surface area contributed by atoms with E-state index in [0.717, 1.165) is 22.6 Å². The van der Waals surface area contributed by atoms with Gasteiger partial charge in [0.2, 0.25) is 0 Å². The Morgan fingerprint density at radius 3 is 2.35 bits per heavy atom. The predicted octanol–water partition coefficient (Wildman–Crippen LogP) is 3.88. The second kappa shape index (κ2) is 7.95. The average Bonchev–Trinajstić information content (AvgIpc) is 2.63. The third-order valence-electron chi connectivity index (χ3n) is 3.98. The highest BCUT2D eigenvalue weighted by Gasteiger charge is 2.06. The van der Waals surface area contributed by atoms with E-state index in [1.165, 1.54) is 0 Å². The van der Waals surface area contributed by atoms with Crippen LogP contribution in [0.3, 0.4) is 0 Å². The summed E-state index contributed by atoms with van der Waals surface area (Å²) >= 11 is 0. The third-order valence-corrected chi connectivity index (χ3v) is 3.98. The molecule has 5 nitrogen and oxygen atoms in total. The largest absolute Gasteiger partial charge is 0.497 e. The Hall–Kier alpha value is -2.95. The zero-order valence-electron chi connectivity index (χ0n) is 15.3. The SMILES string of the molecule is COc1ccc(OCCn2ccc3cc(OC(C)C)ccc3c2=O)cc1. The third kappa shape index (κ3) is 4.17. The van der Waals surface area contributed by atoms with E-state index in [1.807, 2.05) is 62.4 Å². The van der Waals surface area contributed by atoms with Crippen molar-refractivity contribution in [3.05, 3.63) is 65.1 Å². The number of rotatable bonds is 7. The first-order valence-corrected chi connectivity index (χ1v) is 8.63. The van der Waals surface area contributed by atoms with E-state index in [9.17, 15) is 4.79 Å². The molecule has 1 aromatic heterocycles. The van der Waals surface area contributed by atoms with Crippen molar-refractivity contribution in [2.75, 3.05) is 13.7 Å². The van der Waals surface area contributed by atoms with Crippen LogP contribution in [0.1, 0.15) is 13.8 Å². The Balaban J connectivity index is 1.69. The van der Waals surface area contributed by atoms with Gasteiger partial charge in [-0.2, -0.15) is 0 Å². The van der Waals surface area contributed by atoms with E-state index < -0.39 is 0 Å². The van der Waals surface area contributed by atoms with E-state index in [-0.39, 0.29) is 11.7 Å². The lowest BCUT2D eigenvalue weighted by molar-refractivity contribution is 0.243. The standard InChI is InChI=1S/C21H23NO4/c1-15(2)26-19-8-9-20-16(14-19)10-11-22(21(20)23)12-13-25-18-6-4-17(24-3)5-7-18/h4-11,14-15H,12-13H2,1-3H3. The molecule has 0 aliphatic rings. The number of ether oxygens (including phenoxy) is 3. The molecule has 3 rings (SSSR count). The second-order valence-corrected chi connectivity index (χ2v) is 6.25. The molecule has 0 aliphatic heterocycles. The van der Waals surface area contributed by atoms with Crippen LogP contribution in [-0.2, 0) is 6.54 Å². The highest BCUT2D eigenvalue weighted by Crippen LogP contribution is 2.20. The van der Waals surface area contributed by atoms with Crippen molar-refractivity contribution < 1.29 is 14.2 Å². The van der Waals surface area contributed by atoms with Gasteiger partial charge in [0.1, 0.15) is 23.9 Å². The molecule has 0 aliphatic carbocycles. The van der Waals surface area contributed by atoms with Gasteiger partial charge in [0.05, 0.1) is 19.8 Å². The Morgan fingerprint density at radius 1 is 0.962 bits per heavy atom. The first kappa shape index (κ1) is 17.9. The zero-order valence-corrected chi connectivity index (χ0v) is 15.3. The minimum atomic E-state index is -0.0306. The molecule has 0 unspecified atom stereocenters. The van der Waals surface area contributed by atoms with Gasteiger partial charge in [-0.3, -0.25) is 4.79 Å². The van der Waals surface area contributed by atoms with E-state index in [0.29, 0.717) is 18.5 Å². The maximum Gasteiger partial charge on any atom is 0.258 e. The van der Waals surface area contributed by atoms with Gasteiger partial charge >= 0.3 is 0 Å². The first-order valence-electron chi connectivity index (χ1n) is 8.63. The maximum atomic E-state index is 12.6. The fourth-order valence-electron chi connectivity index (χ4n) is 2.72. The molecule has 0 radical (unpaired) electrons. The quantitative estimate of drug-likeness (QED) is 0.647. The van der Waals surface area contributed by atoms with Gasteiger partial charge in [-0.25, -0.2) is 0 Å². The van der Waals surface area contributed by atoms with Crippen LogP contribution in [0.2, 0.25) is 0 Å². The summed E-state index contributed by atoms with van der Waals surface area (Å²) in [4.78, 5) is 12.6. The number of hydrogen-bond donors (Lipinski definition) is 0. The Morgan fingerprint density at radius 2 is 1.65 bits per heavy atom. The molecule has 0 bridgehead atoms. The Labute approximate surface area is 152 Å². The first-order chi connectivity index (χ1) is 12.6. The number of nitrogens with zero attached hydrogens (tertiary/aromatic N) is 1. The Kier molecular flexibility index (Phi) is 5.46. The summed E-state index contributed by atoms with van der Waals surface area (Å²) in [5, 5.41) is 1.55. The maximum absolute atomic E-state index is 12.6. The molecular weight excluding hydrogens is 330 g/mol. The summed E-state index contributed by atoms with van der Waals surface area (Å²) in [5.74, 6) is 2.30. The minimum absolute atomic E-state index is 0.0306. The Bertz CT molecular complexity index is 929. The van der Waals surface area contributed by atoms with Crippen LogP contribution in [-0.4, -0.2) is 24.4 Å². The molecular formula is C21H23NO4. The number of methoxy groups -OCH3 is 1. The number of pyridine rings is 1. The molecule has 3 aromatic rings. The molecule has 0 N–H and O–H groups in total. The molecule has 26 heavy (non-hydrogen) atoms. The van der Waals surface area contributed by atoms with Crippen molar-refractivity contribution in [1.82, 2.24) is 4.57 Å². The van der Waals surface area contributed by atoms with Gasteiger partial charge in [-0.1, -0.05) is 0 Å². The van der Waals surface area contributed by atoms with E-state index in [1.54, 1.807) is 17.9 Å². The predicted molar refractivity (Wildman–Crippen MR) is 102 cm³/mol. The lowest BCUT2D eigenvalue weighted by atomic mass is 10.1. The normalized spacial score (nSPS) is 10.9. The van der Waals surface area contributed by atoms with Crippen molar-refractivity contribution in [1.29, 1.82) is 0 Å². The van der Waals surface area contributed by atoms with Crippen LogP contribution in [0.5, 0.6) is 17.2 Å². The minimum Gasteiger partial charge on any atom is -0.497 e. The summed E-state index contributed by atoms with van der Waals surface area (Å²) in [7, 11) is 1.62. The molecule has 136 valence electrons. The summed E-state index contributed by atoms with van der Waals surface area (Å²) in [6.45, 7) is 4.84. The lowest BCUT2D eigenvalue weighted by Gasteiger charge is -2.12. The molecule has 0 saturated carbocycles. The molecule has 0 saturated heterocycles. The lowest BCUT2D eigenvalue weighted by Crippen LogP contribution is -2.22. The summed E-state index contributed by atoms with van der Waals surface area (Å²) in [6.07, 6.45) is 1.89. The second-order valence-electron chi connectivity index (χ2n) is 6.25. The molecule has 5 heteroatoms. The highest BCUT2D eigenvalue weighted by atomic mass is 16.5. The number of fused-ring (bicyclic) bond motifs is 1. The summed E-state index contributed by atoms with van der Waals surface area (Å²) < 4.78 is 18.2. The van der Waals surface area contributed by atoms with Crippen LogP contribution in [0.25, 0.3) is 10.8 Å². The molecule has 0 amide bonds. The fourth-order valence-corrected chi connectivity index (χ4v) is 2.72. The summed E-state index contributed by atoms with van der Waals surface area (Å²) in [6, 6.07) is 14.9. The molecule has 0 atom stereocenters.